The monoisotopic (exact) mass is 275 g/mol. The molecule has 0 spiro atoms. The zero-order chi connectivity index (χ0) is 14.1. The van der Waals surface area contributed by atoms with E-state index in [0.29, 0.717) is 13.0 Å². The number of carbonyl (C=O) groups excluding carboxylic acids is 1. The van der Waals surface area contributed by atoms with Crippen LogP contribution in [0.2, 0.25) is 0 Å². The van der Waals surface area contributed by atoms with E-state index in [9.17, 15) is 4.79 Å². The van der Waals surface area contributed by atoms with Crippen LogP contribution in [0, 0.1) is 0 Å². The standard InChI is InChI=1S/C14H17N3O3/c15-13(16-19)10-5-3-7-17(10)14(18)12-8-9-4-1-2-6-11(9)20-12/h1-2,4,6,10,12,19H,3,5,7-8H2,(H2,15,16). The second kappa shape index (κ2) is 5.03. The number of hydrogen-bond acceptors (Lipinski definition) is 4. The van der Waals surface area contributed by atoms with Gasteiger partial charge in [0.1, 0.15) is 5.75 Å². The van der Waals surface area contributed by atoms with Crippen molar-refractivity contribution in [3.05, 3.63) is 29.8 Å². The number of amidine groups is 1. The zero-order valence-corrected chi connectivity index (χ0v) is 11.0. The van der Waals surface area contributed by atoms with E-state index in [0.717, 1.165) is 24.2 Å². The van der Waals surface area contributed by atoms with Gasteiger partial charge in [-0.15, -0.1) is 0 Å². The number of ether oxygens (including phenoxy) is 1. The average molecular weight is 275 g/mol. The molecular formula is C14H17N3O3. The van der Waals surface area contributed by atoms with Crippen LogP contribution in [0.5, 0.6) is 5.75 Å². The van der Waals surface area contributed by atoms with E-state index in [4.69, 9.17) is 15.7 Å². The quantitative estimate of drug-likeness (QED) is 0.360. The molecule has 6 nitrogen and oxygen atoms in total. The van der Waals surface area contributed by atoms with Crippen molar-refractivity contribution in [2.24, 2.45) is 10.9 Å². The Balaban J connectivity index is 1.75. The van der Waals surface area contributed by atoms with Gasteiger partial charge in [-0.1, -0.05) is 23.4 Å². The molecule has 0 aromatic heterocycles. The van der Waals surface area contributed by atoms with Gasteiger partial charge < -0.3 is 20.6 Å². The summed E-state index contributed by atoms with van der Waals surface area (Å²) in [4.78, 5) is 14.2. The fraction of sp³-hybridized carbons (Fsp3) is 0.429. The molecule has 6 heteroatoms. The van der Waals surface area contributed by atoms with Crippen molar-refractivity contribution in [1.29, 1.82) is 0 Å². The zero-order valence-electron chi connectivity index (χ0n) is 11.0. The minimum atomic E-state index is -0.500. The van der Waals surface area contributed by atoms with Crippen LogP contribution < -0.4 is 10.5 Å². The Bertz CT molecular complexity index is 533. The molecule has 0 saturated carbocycles. The van der Waals surface area contributed by atoms with Gasteiger partial charge in [0.15, 0.2) is 11.9 Å². The molecule has 2 aliphatic heterocycles. The van der Waals surface area contributed by atoms with Gasteiger partial charge in [-0.25, -0.2) is 0 Å². The van der Waals surface area contributed by atoms with Gasteiger partial charge in [0.05, 0.1) is 6.04 Å². The SMILES string of the molecule is NC(=NO)C1CCCN1C(=O)C1Cc2ccccc2O1. The van der Waals surface area contributed by atoms with E-state index in [1.807, 2.05) is 24.3 Å². The maximum Gasteiger partial charge on any atom is 0.264 e. The third-order valence-corrected chi connectivity index (χ3v) is 3.92. The summed E-state index contributed by atoms with van der Waals surface area (Å²) in [5, 5.41) is 11.8. The normalized spacial score (nSPS) is 25.4. The third-order valence-electron chi connectivity index (χ3n) is 3.92. The molecule has 20 heavy (non-hydrogen) atoms. The van der Waals surface area contributed by atoms with Crippen LogP contribution in [0.1, 0.15) is 18.4 Å². The number of benzene rings is 1. The summed E-state index contributed by atoms with van der Waals surface area (Å²) in [6.07, 6.45) is 1.65. The number of nitrogens with two attached hydrogens (primary N) is 1. The molecule has 2 atom stereocenters. The Kier molecular flexibility index (Phi) is 3.22. The molecule has 0 bridgehead atoms. The van der Waals surface area contributed by atoms with Crippen LogP contribution >= 0.6 is 0 Å². The fourth-order valence-electron chi connectivity index (χ4n) is 2.91. The number of oxime groups is 1. The Hall–Kier alpha value is -2.24. The number of para-hydroxylation sites is 1. The van der Waals surface area contributed by atoms with Gasteiger partial charge in [-0.3, -0.25) is 4.79 Å². The summed E-state index contributed by atoms with van der Waals surface area (Å²) in [6, 6.07) is 7.34. The summed E-state index contributed by atoms with van der Waals surface area (Å²) < 4.78 is 5.71. The molecule has 2 aliphatic rings. The summed E-state index contributed by atoms with van der Waals surface area (Å²) in [7, 11) is 0. The number of rotatable bonds is 2. The van der Waals surface area contributed by atoms with Crippen LogP contribution in [0.25, 0.3) is 0 Å². The van der Waals surface area contributed by atoms with Crippen LogP contribution in [0.3, 0.4) is 0 Å². The van der Waals surface area contributed by atoms with Crippen molar-refractivity contribution < 1.29 is 14.7 Å². The van der Waals surface area contributed by atoms with E-state index < -0.39 is 6.10 Å². The molecule has 1 aromatic rings. The van der Waals surface area contributed by atoms with E-state index in [1.165, 1.54) is 0 Å². The van der Waals surface area contributed by atoms with E-state index in [-0.39, 0.29) is 17.8 Å². The lowest BCUT2D eigenvalue weighted by Gasteiger charge is -2.26. The van der Waals surface area contributed by atoms with Gasteiger partial charge in [0.2, 0.25) is 0 Å². The van der Waals surface area contributed by atoms with Crippen molar-refractivity contribution >= 4 is 11.7 Å². The second-order valence-electron chi connectivity index (χ2n) is 5.13. The van der Waals surface area contributed by atoms with Gasteiger partial charge in [0, 0.05) is 13.0 Å². The summed E-state index contributed by atoms with van der Waals surface area (Å²) in [5.41, 5.74) is 6.70. The summed E-state index contributed by atoms with van der Waals surface area (Å²) in [5.74, 6) is 0.770. The first-order chi connectivity index (χ1) is 9.70. The van der Waals surface area contributed by atoms with Crippen molar-refractivity contribution in [1.82, 2.24) is 4.90 Å². The average Bonchev–Trinajstić information content (AvgIpc) is 3.11. The molecule has 1 aromatic carbocycles. The van der Waals surface area contributed by atoms with Crippen LogP contribution in [-0.2, 0) is 11.2 Å². The third kappa shape index (κ3) is 2.07. The molecule has 2 unspecified atom stereocenters. The van der Waals surface area contributed by atoms with Gasteiger partial charge in [0.25, 0.3) is 5.91 Å². The largest absolute Gasteiger partial charge is 0.480 e. The van der Waals surface area contributed by atoms with Crippen LogP contribution in [-0.4, -0.2) is 40.5 Å². The Morgan fingerprint density at radius 1 is 1.45 bits per heavy atom. The molecule has 106 valence electrons. The van der Waals surface area contributed by atoms with Crippen molar-refractivity contribution in [3.8, 4) is 5.75 Å². The van der Waals surface area contributed by atoms with Crippen LogP contribution in [0.15, 0.2) is 29.4 Å². The first kappa shape index (κ1) is 12.8. The molecule has 1 fully saturated rings. The molecule has 1 amide bonds. The predicted molar refractivity (Wildman–Crippen MR) is 72.7 cm³/mol. The van der Waals surface area contributed by atoms with E-state index in [2.05, 4.69) is 5.16 Å². The van der Waals surface area contributed by atoms with Crippen molar-refractivity contribution in [2.75, 3.05) is 6.54 Å². The van der Waals surface area contributed by atoms with Crippen molar-refractivity contribution in [2.45, 2.75) is 31.4 Å². The van der Waals surface area contributed by atoms with Gasteiger partial charge in [-0.05, 0) is 24.5 Å². The van der Waals surface area contributed by atoms with E-state index >= 15 is 0 Å². The number of nitrogens with zero attached hydrogens (tertiary/aromatic N) is 2. The second-order valence-corrected chi connectivity index (χ2v) is 5.13. The lowest BCUT2D eigenvalue weighted by molar-refractivity contribution is -0.137. The Morgan fingerprint density at radius 2 is 2.25 bits per heavy atom. The number of carbonyl (C=O) groups is 1. The minimum Gasteiger partial charge on any atom is -0.480 e. The maximum atomic E-state index is 12.6. The number of likely N-dealkylation sites (tertiary alicyclic amines) is 1. The molecule has 0 radical (unpaired) electrons. The Morgan fingerprint density at radius 3 is 3.00 bits per heavy atom. The summed E-state index contributed by atoms with van der Waals surface area (Å²) >= 11 is 0. The molecule has 2 heterocycles. The first-order valence-corrected chi connectivity index (χ1v) is 6.73. The maximum absolute atomic E-state index is 12.6. The lowest BCUT2D eigenvalue weighted by atomic mass is 10.1. The molecule has 3 rings (SSSR count). The summed E-state index contributed by atoms with van der Waals surface area (Å²) in [6.45, 7) is 0.621. The molecule has 0 aliphatic carbocycles. The fourth-order valence-corrected chi connectivity index (χ4v) is 2.91. The highest BCUT2D eigenvalue weighted by molar-refractivity contribution is 5.92. The van der Waals surface area contributed by atoms with Gasteiger partial charge >= 0.3 is 0 Å². The highest BCUT2D eigenvalue weighted by atomic mass is 16.5. The smallest absolute Gasteiger partial charge is 0.264 e. The van der Waals surface area contributed by atoms with Gasteiger partial charge in [-0.2, -0.15) is 0 Å². The van der Waals surface area contributed by atoms with E-state index in [1.54, 1.807) is 4.90 Å². The highest BCUT2D eigenvalue weighted by Gasteiger charge is 2.38. The molecule has 1 saturated heterocycles. The Labute approximate surface area is 116 Å². The predicted octanol–water partition coefficient (Wildman–Crippen LogP) is 0.727. The topological polar surface area (TPSA) is 88.2 Å². The first-order valence-electron chi connectivity index (χ1n) is 6.73. The minimum absolute atomic E-state index is 0.0877. The molecule has 3 N–H and O–H groups in total. The number of amides is 1. The lowest BCUT2D eigenvalue weighted by Crippen LogP contribution is -2.48. The number of fused-ring (bicyclic) bond motifs is 1. The molecular weight excluding hydrogens is 258 g/mol. The number of hydrogen-bond donors (Lipinski definition) is 2. The highest BCUT2D eigenvalue weighted by Crippen LogP contribution is 2.30. The van der Waals surface area contributed by atoms with Crippen molar-refractivity contribution in [3.63, 3.8) is 0 Å². The van der Waals surface area contributed by atoms with Crippen LogP contribution in [0.4, 0.5) is 0 Å².